The van der Waals surface area contributed by atoms with Gasteiger partial charge in [0.15, 0.2) is 11.5 Å². The lowest BCUT2D eigenvalue weighted by Gasteiger charge is -2.14. The van der Waals surface area contributed by atoms with Crippen LogP contribution in [0, 0.1) is 0 Å². The molecular formula is C16H20BrNO2S. The van der Waals surface area contributed by atoms with Crippen molar-refractivity contribution in [3.63, 3.8) is 0 Å². The fraction of sp³-hybridized carbons (Fsp3) is 0.375. The number of nitrogens with one attached hydrogen (secondary N) is 1. The van der Waals surface area contributed by atoms with Crippen LogP contribution in [-0.2, 0) is 13.2 Å². The molecule has 114 valence electrons. The van der Waals surface area contributed by atoms with Crippen LogP contribution in [0.4, 0.5) is 0 Å². The van der Waals surface area contributed by atoms with Gasteiger partial charge < -0.3 is 14.8 Å². The molecule has 1 aromatic heterocycles. The fourth-order valence-electron chi connectivity index (χ4n) is 1.96. The molecular weight excluding hydrogens is 350 g/mol. The van der Waals surface area contributed by atoms with E-state index in [1.165, 1.54) is 11.1 Å². The van der Waals surface area contributed by atoms with Gasteiger partial charge >= 0.3 is 0 Å². The van der Waals surface area contributed by atoms with Crippen molar-refractivity contribution in [1.82, 2.24) is 5.32 Å². The van der Waals surface area contributed by atoms with Crippen LogP contribution >= 0.6 is 27.3 Å². The summed E-state index contributed by atoms with van der Waals surface area (Å²) in [6, 6.07) is 6.17. The van der Waals surface area contributed by atoms with E-state index in [0.29, 0.717) is 6.61 Å². The zero-order chi connectivity index (χ0) is 15.1. The van der Waals surface area contributed by atoms with E-state index in [-0.39, 0.29) is 0 Å². The summed E-state index contributed by atoms with van der Waals surface area (Å²) in [4.78, 5) is 0. The minimum atomic E-state index is 0.548. The van der Waals surface area contributed by atoms with E-state index >= 15 is 0 Å². The Morgan fingerprint density at radius 3 is 2.81 bits per heavy atom. The number of rotatable bonds is 8. The minimum absolute atomic E-state index is 0.548. The Hall–Kier alpha value is -1.04. The molecule has 0 fully saturated rings. The van der Waals surface area contributed by atoms with Crippen molar-refractivity contribution in [3.05, 3.63) is 44.6 Å². The molecule has 2 rings (SSSR count). The van der Waals surface area contributed by atoms with Gasteiger partial charge in [0.05, 0.1) is 11.6 Å². The van der Waals surface area contributed by atoms with Crippen molar-refractivity contribution in [2.45, 2.75) is 26.5 Å². The molecule has 0 bridgehead atoms. The van der Waals surface area contributed by atoms with E-state index in [1.54, 1.807) is 18.4 Å². The minimum Gasteiger partial charge on any atom is -0.493 e. The van der Waals surface area contributed by atoms with E-state index in [1.807, 2.05) is 11.4 Å². The summed E-state index contributed by atoms with van der Waals surface area (Å²) < 4.78 is 12.3. The Morgan fingerprint density at radius 2 is 2.14 bits per heavy atom. The number of thiophene rings is 1. The molecule has 2 aromatic rings. The van der Waals surface area contributed by atoms with Crippen LogP contribution in [0.1, 0.15) is 24.5 Å². The highest BCUT2D eigenvalue weighted by atomic mass is 79.9. The van der Waals surface area contributed by atoms with Gasteiger partial charge in [0, 0.05) is 6.54 Å². The van der Waals surface area contributed by atoms with Crippen LogP contribution in [0.3, 0.4) is 0 Å². The summed E-state index contributed by atoms with van der Waals surface area (Å²) in [5.74, 6) is 1.51. The Bertz CT molecular complexity index is 558. The smallest absolute Gasteiger partial charge is 0.175 e. The molecule has 0 atom stereocenters. The fourth-order valence-corrected chi connectivity index (χ4v) is 3.21. The lowest BCUT2D eigenvalue weighted by atomic mass is 10.2. The van der Waals surface area contributed by atoms with Gasteiger partial charge in [-0.05, 0) is 69.0 Å². The van der Waals surface area contributed by atoms with Crippen molar-refractivity contribution < 1.29 is 9.47 Å². The van der Waals surface area contributed by atoms with E-state index in [9.17, 15) is 0 Å². The third-order valence-electron chi connectivity index (χ3n) is 3.01. The van der Waals surface area contributed by atoms with Crippen molar-refractivity contribution in [1.29, 1.82) is 0 Å². The van der Waals surface area contributed by atoms with Gasteiger partial charge in [-0.1, -0.05) is 6.92 Å². The summed E-state index contributed by atoms with van der Waals surface area (Å²) in [6.45, 7) is 4.54. The summed E-state index contributed by atoms with van der Waals surface area (Å²) >= 11 is 5.25. The predicted octanol–water partition coefficient (Wildman–Crippen LogP) is 4.60. The second-order valence-corrected chi connectivity index (χ2v) is 6.34. The van der Waals surface area contributed by atoms with Crippen molar-refractivity contribution >= 4 is 27.3 Å². The molecule has 0 saturated heterocycles. The first-order valence-electron chi connectivity index (χ1n) is 6.95. The van der Waals surface area contributed by atoms with Crippen LogP contribution in [0.5, 0.6) is 11.5 Å². The number of hydrogen-bond donors (Lipinski definition) is 1. The first kappa shape index (κ1) is 16.3. The highest BCUT2D eigenvalue weighted by Gasteiger charge is 2.12. The Morgan fingerprint density at radius 1 is 1.29 bits per heavy atom. The number of benzene rings is 1. The summed E-state index contributed by atoms with van der Waals surface area (Å²) in [5, 5.41) is 7.52. The molecule has 1 N–H and O–H groups in total. The molecule has 1 aromatic carbocycles. The summed E-state index contributed by atoms with van der Waals surface area (Å²) in [7, 11) is 1.67. The van der Waals surface area contributed by atoms with Crippen LogP contribution in [-0.4, -0.2) is 13.7 Å². The highest BCUT2D eigenvalue weighted by Crippen LogP contribution is 2.37. The molecule has 21 heavy (non-hydrogen) atoms. The molecule has 0 amide bonds. The van der Waals surface area contributed by atoms with Crippen molar-refractivity contribution in [3.8, 4) is 11.5 Å². The highest BCUT2D eigenvalue weighted by molar-refractivity contribution is 9.10. The number of hydrogen-bond acceptors (Lipinski definition) is 4. The predicted molar refractivity (Wildman–Crippen MR) is 91.3 cm³/mol. The van der Waals surface area contributed by atoms with Crippen LogP contribution < -0.4 is 14.8 Å². The van der Waals surface area contributed by atoms with Crippen LogP contribution in [0.15, 0.2) is 33.4 Å². The van der Waals surface area contributed by atoms with Crippen molar-refractivity contribution in [2.75, 3.05) is 13.7 Å². The third-order valence-corrected chi connectivity index (χ3v) is 4.33. The molecule has 1 heterocycles. The second kappa shape index (κ2) is 8.41. The zero-order valence-electron chi connectivity index (χ0n) is 12.3. The van der Waals surface area contributed by atoms with Gasteiger partial charge in [0.2, 0.25) is 0 Å². The first-order valence-corrected chi connectivity index (χ1v) is 8.69. The van der Waals surface area contributed by atoms with Gasteiger partial charge in [-0.2, -0.15) is 11.3 Å². The zero-order valence-corrected chi connectivity index (χ0v) is 14.7. The van der Waals surface area contributed by atoms with E-state index < -0.39 is 0 Å². The average molecular weight is 370 g/mol. The molecule has 0 aliphatic rings. The number of ether oxygens (including phenoxy) is 2. The average Bonchev–Trinajstić information content (AvgIpc) is 2.99. The lowest BCUT2D eigenvalue weighted by molar-refractivity contribution is 0.282. The molecule has 0 unspecified atom stereocenters. The molecule has 5 heteroatoms. The molecule has 0 radical (unpaired) electrons. The van der Waals surface area contributed by atoms with Gasteiger partial charge in [-0.15, -0.1) is 0 Å². The van der Waals surface area contributed by atoms with Crippen molar-refractivity contribution in [2.24, 2.45) is 0 Å². The largest absolute Gasteiger partial charge is 0.493 e. The quantitative estimate of drug-likeness (QED) is 0.689. The normalized spacial score (nSPS) is 10.6. The standard InChI is InChI=1S/C16H20BrNO2S/c1-3-5-18-9-13-7-14(17)16(15(8-13)19-2)20-10-12-4-6-21-11-12/h4,6-8,11,18H,3,5,9-10H2,1-2H3. The maximum absolute atomic E-state index is 5.90. The Balaban J connectivity index is 2.09. The van der Waals surface area contributed by atoms with Crippen LogP contribution in [0.25, 0.3) is 0 Å². The molecule has 3 nitrogen and oxygen atoms in total. The van der Waals surface area contributed by atoms with Gasteiger partial charge in [-0.25, -0.2) is 0 Å². The molecule has 0 saturated carbocycles. The Labute approximate surface area is 138 Å². The Kier molecular flexibility index (Phi) is 6.54. The topological polar surface area (TPSA) is 30.5 Å². The summed E-state index contributed by atoms with van der Waals surface area (Å²) in [6.07, 6.45) is 1.13. The van der Waals surface area contributed by atoms with Gasteiger partial charge in [0.25, 0.3) is 0 Å². The van der Waals surface area contributed by atoms with Gasteiger partial charge in [-0.3, -0.25) is 0 Å². The molecule has 0 spiro atoms. The SMILES string of the molecule is CCCNCc1cc(Br)c(OCc2ccsc2)c(OC)c1. The maximum atomic E-state index is 5.90. The van der Waals surface area contributed by atoms with E-state index in [0.717, 1.165) is 35.5 Å². The maximum Gasteiger partial charge on any atom is 0.175 e. The monoisotopic (exact) mass is 369 g/mol. The first-order chi connectivity index (χ1) is 10.2. The summed E-state index contributed by atoms with van der Waals surface area (Å²) in [5.41, 5.74) is 2.35. The van der Waals surface area contributed by atoms with Gasteiger partial charge in [0.1, 0.15) is 6.61 Å². The number of halogens is 1. The number of methoxy groups -OCH3 is 1. The second-order valence-electron chi connectivity index (χ2n) is 4.71. The van der Waals surface area contributed by atoms with E-state index in [4.69, 9.17) is 9.47 Å². The molecule has 0 aliphatic heterocycles. The lowest BCUT2D eigenvalue weighted by Crippen LogP contribution is -2.14. The van der Waals surface area contributed by atoms with Crippen LogP contribution in [0.2, 0.25) is 0 Å². The molecule has 0 aliphatic carbocycles. The van der Waals surface area contributed by atoms with E-state index in [2.05, 4.69) is 45.7 Å². The third kappa shape index (κ3) is 4.73.